The molecule has 3 heterocycles. The minimum absolute atomic E-state index is 0.0405. The highest BCUT2D eigenvalue weighted by atomic mass is 32.1. The van der Waals surface area contributed by atoms with E-state index in [4.69, 9.17) is 5.73 Å². The number of rotatable bonds is 3. The summed E-state index contributed by atoms with van der Waals surface area (Å²) in [5, 5.41) is 2.87. The van der Waals surface area contributed by atoms with Crippen molar-refractivity contribution >= 4 is 34.5 Å². The van der Waals surface area contributed by atoms with E-state index in [2.05, 4.69) is 4.98 Å². The lowest BCUT2D eigenvalue weighted by atomic mass is 9.93. The molecule has 2 atom stereocenters. The van der Waals surface area contributed by atoms with E-state index < -0.39 is 0 Å². The average Bonchev–Trinajstić information content (AvgIpc) is 3.16. The highest BCUT2D eigenvalue weighted by Crippen LogP contribution is 2.33. The number of hydrogen-bond donors (Lipinski definition) is 1. The number of aryl methyl sites for hydroxylation is 1. The van der Waals surface area contributed by atoms with Crippen LogP contribution < -0.4 is 5.73 Å². The molecule has 0 aliphatic carbocycles. The van der Waals surface area contributed by atoms with Gasteiger partial charge < -0.3 is 10.6 Å². The van der Waals surface area contributed by atoms with Crippen molar-refractivity contribution < 1.29 is 9.59 Å². The van der Waals surface area contributed by atoms with E-state index in [1.165, 1.54) is 11.3 Å². The van der Waals surface area contributed by atoms with Gasteiger partial charge in [0.15, 0.2) is 0 Å². The van der Waals surface area contributed by atoms with Gasteiger partial charge in [-0.2, -0.15) is 0 Å². The van der Waals surface area contributed by atoms with E-state index in [1.807, 2.05) is 31.4 Å². The van der Waals surface area contributed by atoms with Crippen LogP contribution in [0.3, 0.4) is 0 Å². The van der Waals surface area contributed by atoms with E-state index in [0.29, 0.717) is 11.4 Å². The zero-order chi connectivity index (χ0) is 16.6. The van der Waals surface area contributed by atoms with Crippen molar-refractivity contribution in [2.75, 3.05) is 6.54 Å². The van der Waals surface area contributed by atoms with Crippen molar-refractivity contribution in [2.45, 2.75) is 32.7 Å². The van der Waals surface area contributed by atoms with Gasteiger partial charge in [-0.25, -0.2) is 4.98 Å². The molecule has 0 bridgehead atoms. The Morgan fingerprint density at radius 1 is 1.39 bits per heavy atom. The molecule has 2 aromatic heterocycles. The summed E-state index contributed by atoms with van der Waals surface area (Å²) in [5.41, 5.74) is 6.17. The molecule has 7 heteroatoms. The first kappa shape index (κ1) is 16.1. The fraction of sp³-hybridized carbons (Fsp3) is 0.438. The van der Waals surface area contributed by atoms with Gasteiger partial charge in [0, 0.05) is 12.6 Å². The largest absolute Gasteiger partial charge is 0.369 e. The number of hydrogen-bond acceptors (Lipinski definition) is 5. The van der Waals surface area contributed by atoms with Gasteiger partial charge in [-0.3, -0.25) is 9.59 Å². The third kappa shape index (κ3) is 3.16. The second kappa shape index (κ2) is 6.41. The van der Waals surface area contributed by atoms with Crippen LogP contribution in [0.2, 0.25) is 0 Å². The number of aromatic nitrogens is 1. The zero-order valence-electron chi connectivity index (χ0n) is 13.1. The summed E-state index contributed by atoms with van der Waals surface area (Å²) in [4.78, 5) is 32.4. The van der Waals surface area contributed by atoms with Crippen LogP contribution in [0.1, 0.15) is 35.1 Å². The van der Waals surface area contributed by atoms with Crippen molar-refractivity contribution in [3.8, 4) is 9.88 Å². The van der Waals surface area contributed by atoms with Crippen molar-refractivity contribution in [1.29, 1.82) is 0 Å². The first-order chi connectivity index (χ1) is 11.0. The van der Waals surface area contributed by atoms with Crippen LogP contribution in [0.25, 0.3) is 9.88 Å². The zero-order valence-corrected chi connectivity index (χ0v) is 14.7. The normalized spacial score (nSPS) is 21.4. The maximum absolute atomic E-state index is 12.9. The molecule has 2 N–H and O–H groups in total. The molecular formula is C16H19N3O2S2. The molecule has 5 nitrogen and oxygen atoms in total. The van der Waals surface area contributed by atoms with Crippen molar-refractivity contribution in [1.82, 2.24) is 9.88 Å². The van der Waals surface area contributed by atoms with E-state index in [0.717, 1.165) is 28.4 Å². The Balaban J connectivity index is 1.86. The quantitative estimate of drug-likeness (QED) is 0.925. The van der Waals surface area contributed by atoms with Gasteiger partial charge in [-0.1, -0.05) is 6.07 Å². The number of carbonyl (C=O) groups is 2. The van der Waals surface area contributed by atoms with Crippen molar-refractivity contribution in [2.24, 2.45) is 11.7 Å². The van der Waals surface area contributed by atoms with Crippen molar-refractivity contribution in [3.05, 3.63) is 28.1 Å². The average molecular weight is 349 g/mol. The number of piperidine rings is 1. The van der Waals surface area contributed by atoms with E-state index in [1.54, 1.807) is 16.2 Å². The SMILES string of the molecule is Cc1nc(-c2cccs2)sc1C(=O)N1C[C@H](C(N)=O)CC[C@@H]1C. The van der Waals surface area contributed by atoms with Gasteiger partial charge in [0.1, 0.15) is 9.88 Å². The lowest BCUT2D eigenvalue weighted by molar-refractivity contribution is -0.123. The molecule has 1 saturated heterocycles. The molecular weight excluding hydrogens is 330 g/mol. The van der Waals surface area contributed by atoms with Gasteiger partial charge in [-0.15, -0.1) is 22.7 Å². The maximum atomic E-state index is 12.9. The number of primary amides is 1. The van der Waals surface area contributed by atoms with E-state index >= 15 is 0 Å². The highest BCUT2D eigenvalue weighted by molar-refractivity contribution is 7.22. The number of nitrogens with two attached hydrogens (primary N) is 1. The van der Waals surface area contributed by atoms with E-state index in [9.17, 15) is 9.59 Å². The molecule has 0 radical (unpaired) electrons. The molecule has 122 valence electrons. The molecule has 0 spiro atoms. The smallest absolute Gasteiger partial charge is 0.266 e. The van der Waals surface area contributed by atoms with Crippen LogP contribution in [0.15, 0.2) is 17.5 Å². The summed E-state index contributed by atoms with van der Waals surface area (Å²) >= 11 is 3.03. The molecule has 1 fully saturated rings. The number of thiophene rings is 1. The summed E-state index contributed by atoms with van der Waals surface area (Å²) in [7, 11) is 0. The Morgan fingerprint density at radius 2 is 2.17 bits per heavy atom. The van der Waals surface area contributed by atoms with Crippen LogP contribution in [0, 0.1) is 12.8 Å². The summed E-state index contributed by atoms with van der Waals surface area (Å²) in [6, 6.07) is 4.09. The summed E-state index contributed by atoms with van der Waals surface area (Å²) in [6.45, 7) is 4.29. The highest BCUT2D eigenvalue weighted by Gasteiger charge is 2.33. The summed E-state index contributed by atoms with van der Waals surface area (Å²) in [6.07, 6.45) is 1.55. The van der Waals surface area contributed by atoms with Crippen LogP contribution in [-0.2, 0) is 4.79 Å². The van der Waals surface area contributed by atoms with Gasteiger partial charge in [0.05, 0.1) is 16.5 Å². The number of carbonyl (C=O) groups excluding carboxylic acids is 2. The van der Waals surface area contributed by atoms with Crippen LogP contribution in [0.4, 0.5) is 0 Å². The van der Waals surface area contributed by atoms with Crippen molar-refractivity contribution in [3.63, 3.8) is 0 Å². The molecule has 0 unspecified atom stereocenters. The standard InChI is InChI=1S/C16H19N3O2S2/c1-9-5-6-11(14(17)20)8-19(9)16(21)13-10(2)18-15(23-13)12-4-3-7-22-12/h3-4,7,9,11H,5-6,8H2,1-2H3,(H2,17,20)/t9-,11+/m0/s1. The molecule has 0 saturated carbocycles. The Morgan fingerprint density at radius 3 is 2.83 bits per heavy atom. The molecule has 0 aromatic carbocycles. The Kier molecular flexibility index (Phi) is 4.50. The predicted octanol–water partition coefficient (Wildman–Crippen LogP) is 2.91. The predicted molar refractivity (Wildman–Crippen MR) is 92.6 cm³/mol. The second-order valence-electron chi connectivity index (χ2n) is 5.89. The third-order valence-corrected chi connectivity index (χ3v) is 6.45. The topological polar surface area (TPSA) is 76.3 Å². The van der Waals surface area contributed by atoms with E-state index in [-0.39, 0.29) is 23.8 Å². The Bertz CT molecular complexity index is 724. The fourth-order valence-electron chi connectivity index (χ4n) is 2.85. The lowest BCUT2D eigenvalue weighted by Gasteiger charge is -2.36. The lowest BCUT2D eigenvalue weighted by Crippen LogP contribution is -2.48. The minimum atomic E-state index is -0.324. The monoisotopic (exact) mass is 349 g/mol. The first-order valence-corrected chi connectivity index (χ1v) is 9.28. The number of nitrogens with zero attached hydrogens (tertiary/aromatic N) is 2. The number of likely N-dealkylation sites (tertiary alicyclic amines) is 1. The Labute approximate surface area is 143 Å². The Hall–Kier alpha value is -1.73. The first-order valence-electron chi connectivity index (χ1n) is 7.59. The minimum Gasteiger partial charge on any atom is -0.369 e. The number of thiazole rings is 1. The summed E-state index contributed by atoms with van der Waals surface area (Å²) in [5.74, 6) is -0.614. The van der Waals surface area contributed by atoms with Crippen LogP contribution >= 0.6 is 22.7 Å². The fourth-order valence-corrected chi connectivity index (χ4v) is 4.67. The van der Waals surface area contributed by atoms with Crippen LogP contribution in [-0.4, -0.2) is 34.3 Å². The molecule has 1 aliphatic heterocycles. The second-order valence-corrected chi connectivity index (χ2v) is 7.84. The van der Waals surface area contributed by atoms with Gasteiger partial charge in [0.2, 0.25) is 5.91 Å². The maximum Gasteiger partial charge on any atom is 0.266 e. The molecule has 23 heavy (non-hydrogen) atoms. The van der Waals surface area contributed by atoms with Gasteiger partial charge in [0.25, 0.3) is 5.91 Å². The summed E-state index contributed by atoms with van der Waals surface area (Å²) < 4.78 is 0. The number of amides is 2. The molecule has 1 aliphatic rings. The van der Waals surface area contributed by atoms with Gasteiger partial charge in [-0.05, 0) is 38.1 Å². The van der Waals surface area contributed by atoms with Crippen LogP contribution in [0.5, 0.6) is 0 Å². The molecule has 3 rings (SSSR count). The molecule has 2 amide bonds. The molecule has 2 aromatic rings. The third-order valence-electron chi connectivity index (χ3n) is 4.27. The van der Waals surface area contributed by atoms with Gasteiger partial charge >= 0.3 is 0 Å².